The summed E-state index contributed by atoms with van der Waals surface area (Å²) in [5.41, 5.74) is 0. The number of carbonyl (C=O) groups is 1. The van der Waals surface area contributed by atoms with Crippen molar-refractivity contribution in [2.75, 3.05) is 20.7 Å². The maximum Gasteiger partial charge on any atom is 0.245 e. The van der Waals surface area contributed by atoms with Gasteiger partial charge in [0.15, 0.2) is 8.32 Å². The highest BCUT2D eigenvalue weighted by Gasteiger charge is 2.36. The molecule has 0 aromatic heterocycles. The van der Waals surface area contributed by atoms with Gasteiger partial charge < -0.3 is 9.33 Å². The lowest BCUT2D eigenvalue weighted by Gasteiger charge is -2.36. The second-order valence-electron chi connectivity index (χ2n) is 8.86. The zero-order valence-electron chi connectivity index (χ0n) is 18.0. The minimum absolute atomic E-state index is 0.0810. The van der Waals surface area contributed by atoms with E-state index in [2.05, 4.69) is 33.9 Å². The smallest absolute Gasteiger partial charge is 0.245 e. The minimum Gasteiger partial charge on any atom is -0.417 e. The first-order valence-electron chi connectivity index (χ1n) is 10.1. The number of nitrogens with zero attached hydrogens (tertiary/aromatic N) is 1. The molecule has 0 bridgehead atoms. The summed E-state index contributed by atoms with van der Waals surface area (Å²) < 4.78 is 6.21. The van der Waals surface area contributed by atoms with Gasteiger partial charge in [-0.1, -0.05) is 65.4 Å². The number of amides is 1. The summed E-state index contributed by atoms with van der Waals surface area (Å²) in [5, 5.41) is 0.321. The summed E-state index contributed by atoms with van der Waals surface area (Å²) in [7, 11) is 2.02. The van der Waals surface area contributed by atoms with Crippen molar-refractivity contribution in [3.8, 4) is 0 Å². The Morgan fingerprint density at radius 1 is 0.920 bits per heavy atom. The summed E-state index contributed by atoms with van der Waals surface area (Å²) in [5.74, 6) is 0.0810. The van der Waals surface area contributed by atoms with Gasteiger partial charge in [-0.15, -0.1) is 0 Å². The molecule has 0 aliphatic heterocycles. The number of allylic oxidation sites excluding steroid dienone is 1. The van der Waals surface area contributed by atoms with Crippen LogP contribution < -0.4 is 0 Å². The van der Waals surface area contributed by atoms with Crippen molar-refractivity contribution < 1.29 is 9.22 Å². The number of hydrogen-bond donors (Lipinski definition) is 0. The first-order chi connectivity index (χ1) is 11.6. The van der Waals surface area contributed by atoms with Crippen molar-refractivity contribution in [3.05, 3.63) is 12.2 Å². The molecule has 0 spiro atoms. The van der Waals surface area contributed by atoms with E-state index in [1.165, 1.54) is 51.4 Å². The zero-order valence-corrected chi connectivity index (χ0v) is 19.0. The van der Waals surface area contributed by atoms with Gasteiger partial charge in [-0.3, -0.25) is 4.79 Å². The Bertz CT molecular complexity index is 384. The second-order valence-corrected chi connectivity index (χ2v) is 13.7. The van der Waals surface area contributed by atoms with Crippen molar-refractivity contribution in [1.29, 1.82) is 0 Å². The monoisotopic (exact) mass is 369 g/mol. The van der Waals surface area contributed by atoms with Gasteiger partial charge in [-0.05, 0) is 43.5 Å². The van der Waals surface area contributed by atoms with Gasteiger partial charge in [0, 0.05) is 20.7 Å². The molecule has 0 saturated carbocycles. The normalized spacial score (nSPS) is 12.8. The summed E-state index contributed by atoms with van der Waals surface area (Å²) in [6.45, 7) is 12.5. The highest BCUT2D eigenvalue weighted by atomic mass is 28.4. The Morgan fingerprint density at radius 2 is 1.40 bits per heavy atom. The van der Waals surface area contributed by atoms with E-state index >= 15 is 0 Å². The summed E-state index contributed by atoms with van der Waals surface area (Å²) in [4.78, 5) is 13.0. The number of unbranched alkanes of at least 4 members (excludes halogenated alkanes) is 8. The third-order valence-corrected chi connectivity index (χ3v) is 9.77. The predicted molar refractivity (Wildman–Crippen MR) is 113 cm³/mol. The summed E-state index contributed by atoms with van der Waals surface area (Å²) in [6.07, 6.45) is 15.0. The molecule has 3 nitrogen and oxygen atoms in total. The highest BCUT2D eigenvalue weighted by molar-refractivity contribution is 6.74. The lowest BCUT2D eigenvalue weighted by Crippen LogP contribution is -2.40. The molecule has 0 heterocycles. The fourth-order valence-corrected chi connectivity index (χ4v) is 3.39. The van der Waals surface area contributed by atoms with E-state index in [0.717, 1.165) is 13.0 Å². The molecule has 0 rings (SSSR count). The van der Waals surface area contributed by atoms with Crippen LogP contribution in [0.5, 0.6) is 0 Å². The van der Waals surface area contributed by atoms with Gasteiger partial charge in [0.25, 0.3) is 0 Å². The summed E-state index contributed by atoms with van der Waals surface area (Å²) >= 11 is 0. The van der Waals surface area contributed by atoms with Crippen molar-refractivity contribution >= 4 is 14.2 Å². The van der Waals surface area contributed by atoms with E-state index in [1.54, 1.807) is 25.1 Å². The Labute approximate surface area is 158 Å². The molecule has 148 valence electrons. The van der Waals surface area contributed by atoms with Crippen LogP contribution in [-0.4, -0.2) is 39.8 Å². The molecular weight excluding hydrogens is 326 g/mol. The molecule has 0 aromatic rings. The van der Waals surface area contributed by atoms with E-state index in [-0.39, 0.29) is 5.91 Å². The number of carbonyl (C=O) groups excluding carboxylic acids is 1. The first kappa shape index (κ1) is 24.4. The molecule has 0 saturated heterocycles. The van der Waals surface area contributed by atoms with E-state index < -0.39 is 8.32 Å². The van der Waals surface area contributed by atoms with E-state index in [9.17, 15) is 4.79 Å². The van der Waals surface area contributed by atoms with Crippen molar-refractivity contribution in [2.45, 2.75) is 96.7 Å². The minimum atomic E-state index is -1.55. The Hall–Kier alpha value is -0.613. The fourth-order valence-electron chi connectivity index (χ4n) is 2.30. The van der Waals surface area contributed by atoms with E-state index in [0.29, 0.717) is 5.04 Å². The Morgan fingerprint density at radius 3 is 1.88 bits per heavy atom. The van der Waals surface area contributed by atoms with Gasteiger partial charge in [0.2, 0.25) is 5.91 Å². The molecule has 1 amide bonds. The fraction of sp³-hybridized carbons (Fsp3) is 0.857. The third-order valence-electron chi connectivity index (χ3n) is 5.24. The van der Waals surface area contributed by atoms with Gasteiger partial charge >= 0.3 is 0 Å². The van der Waals surface area contributed by atoms with Gasteiger partial charge in [0.05, 0.1) is 0 Å². The molecule has 0 N–H and O–H groups in total. The lowest BCUT2D eigenvalue weighted by atomic mass is 10.1. The van der Waals surface area contributed by atoms with Crippen LogP contribution in [0.4, 0.5) is 0 Å². The summed E-state index contributed by atoms with van der Waals surface area (Å²) in [6, 6.07) is 0. The molecule has 25 heavy (non-hydrogen) atoms. The maximum absolute atomic E-state index is 11.4. The van der Waals surface area contributed by atoms with Crippen molar-refractivity contribution in [1.82, 2.24) is 4.90 Å². The Balaban J connectivity index is 3.42. The molecule has 0 aliphatic rings. The van der Waals surface area contributed by atoms with Crippen LogP contribution in [0.2, 0.25) is 18.1 Å². The molecule has 0 unspecified atom stereocenters. The average Bonchev–Trinajstić information content (AvgIpc) is 2.50. The number of likely N-dealkylation sites (N-methyl/N-ethyl adjacent to an activating group) is 1. The second kappa shape index (κ2) is 12.7. The Kier molecular flexibility index (Phi) is 12.4. The van der Waals surface area contributed by atoms with E-state index in [1.807, 2.05) is 6.08 Å². The lowest BCUT2D eigenvalue weighted by molar-refractivity contribution is -0.123. The van der Waals surface area contributed by atoms with Crippen LogP contribution in [0.15, 0.2) is 12.2 Å². The van der Waals surface area contributed by atoms with Gasteiger partial charge in [-0.2, -0.15) is 0 Å². The molecule has 0 atom stereocenters. The third kappa shape index (κ3) is 12.4. The van der Waals surface area contributed by atoms with Crippen molar-refractivity contribution in [3.63, 3.8) is 0 Å². The average molecular weight is 370 g/mol. The number of rotatable bonds is 13. The predicted octanol–water partition coefficient (Wildman–Crippen LogP) is 6.16. The van der Waals surface area contributed by atoms with Crippen molar-refractivity contribution in [2.24, 2.45) is 0 Å². The molecule has 0 fully saturated rings. The molecule has 0 radical (unpaired) electrons. The number of hydrogen-bond acceptors (Lipinski definition) is 2. The van der Waals surface area contributed by atoms with Crippen LogP contribution in [0.25, 0.3) is 0 Å². The van der Waals surface area contributed by atoms with Crippen LogP contribution in [-0.2, 0) is 9.22 Å². The van der Waals surface area contributed by atoms with Gasteiger partial charge in [0.1, 0.15) is 0 Å². The van der Waals surface area contributed by atoms with Crippen LogP contribution in [0, 0.1) is 0 Å². The standard InChI is InChI=1S/C21H43NO2Si/c1-21(2,3)25(6,7)24-19-17-15-13-11-9-8-10-12-14-16-18-20(23)22(4)5/h16,18H,8-15,17,19H2,1-7H3/b18-16-. The topological polar surface area (TPSA) is 29.5 Å². The zero-order chi connectivity index (χ0) is 19.3. The van der Waals surface area contributed by atoms with Crippen LogP contribution in [0.1, 0.15) is 78.6 Å². The maximum atomic E-state index is 11.4. The SMILES string of the molecule is CN(C)C(=O)/C=C\CCCCCCCCCCO[Si](C)(C)C(C)(C)C. The van der Waals surface area contributed by atoms with Gasteiger partial charge in [-0.25, -0.2) is 0 Å². The quantitative estimate of drug-likeness (QED) is 0.221. The molecule has 4 heteroatoms. The van der Waals surface area contributed by atoms with E-state index in [4.69, 9.17) is 4.43 Å². The largest absolute Gasteiger partial charge is 0.417 e. The first-order valence-corrected chi connectivity index (χ1v) is 13.0. The van der Waals surface area contributed by atoms with Crippen LogP contribution >= 0.6 is 0 Å². The molecular formula is C21H43NO2Si. The molecule has 0 aliphatic carbocycles. The van der Waals surface area contributed by atoms with Crippen LogP contribution in [0.3, 0.4) is 0 Å². The highest BCUT2D eigenvalue weighted by Crippen LogP contribution is 2.36. The molecule has 0 aromatic carbocycles.